The molecule has 0 N–H and O–H groups in total. The summed E-state index contributed by atoms with van der Waals surface area (Å²) in [5, 5.41) is 9.16. The molecule has 0 bridgehead atoms. The van der Waals surface area contributed by atoms with Gasteiger partial charge in [-0.15, -0.1) is 0 Å². The molecule has 0 aromatic carbocycles. The summed E-state index contributed by atoms with van der Waals surface area (Å²) in [6, 6.07) is 6.23. The van der Waals surface area contributed by atoms with Gasteiger partial charge in [-0.2, -0.15) is 5.26 Å². The van der Waals surface area contributed by atoms with Gasteiger partial charge in [-0.25, -0.2) is 4.98 Å². The Hall–Kier alpha value is -1.15. The Kier molecular flexibility index (Phi) is 5.15. The molecule has 0 aliphatic carbocycles. The molecule has 0 radical (unpaired) electrons. The first kappa shape index (κ1) is 14.3. The highest BCUT2D eigenvalue weighted by molar-refractivity contribution is 6.29. The van der Waals surface area contributed by atoms with E-state index in [4.69, 9.17) is 16.9 Å². The van der Waals surface area contributed by atoms with Gasteiger partial charge in [0.15, 0.2) is 0 Å². The molecule has 102 valence electrons. The molecule has 1 aromatic rings. The smallest absolute Gasteiger partial charge is 0.129 e. The number of halogens is 1. The van der Waals surface area contributed by atoms with Crippen molar-refractivity contribution in [2.75, 3.05) is 32.7 Å². The Bertz CT molecular complexity index is 441. The van der Waals surface area contributed by atoms with Crippen LogP contribution in [0.15, 0.2) is 12.1 Å². The summed E-state index contributed by atoms with van der Waals surface area (Å²) in [5.41, 5.74) is 2.19. The average Bonchev–Trinajstić information content (AvgIpc) is 2.37. The minimum absolute atomic E-state index is 0.572. The maximum atomic E-state index is 8.59. The van der Waals surface area contributed by atoms with Crippen molar-refractivity contribution in [3.63, 3.8) is 0 Å². The van der Waals surface area contributed by atoms with Crippen LogP contribution in [0.3, 0.4) is 0 Å². The third-order valence-electron chi connectivity index (χ3n) is 3.39. The van der Waals surface area contributed by atoms with Crippen molar-refractivity contribution < 1.29 is 0 Å². The molecule has 1 saturated heterocycles. The first-order valence-electron chi connectivity index (χ1n) is 6.62. The van der Waals surface area contributed by atoms with E-state index < -0.39 is 0 Å². The molecule has 19 heavy (non-hydrogen) atoms. The van der Waals surface area contributed by atoms with Gasteiger partial charge < -0.3 is 0 Å². The topological polar surface area (TPSA) is 43.2 Å². The van der Waals surface area contributed by atoms with E-state index in [1.54, 1.807) is 0 Å². The maximum Gasteiger partial charge on any atom is 0.129 e. The highest BCUT2D eigenvalue weighted by Gasteiger charge is 2.16. The van der Waals surface area contributed by atoms with Gasteiger partial charge in [-0.3, -0.25) is 9.80 Å². The fraction of sp³-hybridized carbons (Fsp3) is 0.571. The van der Waals surface area contributed by atoms with Crippen molar-refractivity contribution in [2.24, 2.45) is 0 Å². The molecule has 2 heterocycles. The number of rotatable bonds is 4. The number of nitriles is 1. The van der Waals surface area contributed by atoms with E-state index in [2.05, 4.69) is 26.9 Å². The van der Waals surface area contributed by atoms with E-state index >= 15 is 0 Å². The summed E-state index contributed by atoms with van der Waals surface area (Å²) in [6.45, 7) is 7.96. The number of hydrogen-bond donors (Lipinski definition) is 0. The summed E-state index contributed by atoms with van der Waals surface area (Å²) in [7, 11) is 0. The van der Waals surface area contributed by atoms with Crippen LogP contribution in [0.2, 0.25) is 5.15 Å². The van der Waals surface area contributed by atoms with Crippen molar-refractivity contribution >= 4 is 11.6 Å². The lowest BCUT2D eigenvalue weighted by Crippen LogP contribution is -2.46. The van der Waals surface area contributed by atoms with Crippen LogP contribution in [-0.2, 0) is 6.54 Å². The fourth-order valence-corrected chi connectivity index (χ4v) is 2.70. The predicted molar refractivity (Wildman–Crippen MR) is 75.9 cm³/mol. The van der Waals surface area contributed by atoms with Gasteiger partial charge in [0.05, 0.1) is 6.07 Å². The second-order valence-corrected chi connectivity index (χ2v) is 5.35. The van der Waals surface area contributed by atoms with E-state index in [0.717, 1.165) is 45.0 Å². The third kappa shape index (κ3) is 4.46. The van der Waals surface area contributed by atoms with Crippen LogP contribution in [-0.4, -0.2) is 47.5 Å². The zero-order chi connectivity index (χ0) is 13.7. The van der Waals surface area contributed by atoms with Gasteiger partial charge in [0.2, 0.25) is 0 Å². The Morgan fingerprint density at radius 2 is 1.95 bits per heavy atom. The van der Waals surface area contributed by atoms with Gasteiger partial charge in [0.1, 0.15) is 5.15 Å². The van der Waals surface area contributed by atoms with E-state index in [-0.39, 0.29) is 0 Å². The molecule has 0 amide bonds. The van der Waals surface area contributed by atoms with Gasteiger partial charge in [0.25, 0.3) is 0 Å². The molecule has 0 saturated carbocycles. The fourth-order valence-electron chi connectivity index (χ4n) is 2.42. The Balaban J connectivity index is 1.84. The zero-order valence-electron chi connectivity index (χ0n) is 11.3. The van der Waals surface area contributed by atoms with E-state index in [9.17, 15) is 0 Å². The van der Waals surface area contributed by atoms with Gasteiger partial charge in [-0.05, 0) is 24.6 Å². The molecule has 0 unspecified atom stereocenters. The quantitative estimate of drug-likeness (QED) is 0.791. The highest BCUT2D eigenvalue weighted by Crippen LogP contribution is 2.14. The number of nitrogens with zero attached hydrogens (tertiary/aromatic N) is 4. The van der Waals surface area contributed by atoms with Gasteiger partial charge >= 0.3 is 0 Å². The standard InChI is InChI=1S/C14H19ClN4/c1-12-9-13(10-14(15)17-12)11-19-7-5-18(6-8-19)4-2-3-16/h9-10H,2,4-8,11H2,1H3. The van der Waals surface area contributed by atoms with Gasteiger partial charge in [0, 0.05) is 51.4 Å². The van der Waals surface area contributed by atoms with E-state index in [1.165, 1.54) is 5.56 Å². The number of aryl methyl sites for hydroxylation is 1. The van der Waals surface area contributed by atoms with Crippen molar-refractivity contribution in [1.29, 1.82) is 5.26 Å². The third-order valence-corrected chi connectivity index (χ3v) is 3.59. The Labute approximate surface area is 119 Å². The van der Waals surface area contributed by atoms with Crippen molar-refractivity contribution in [3.8, 4) is 6.07 Å². The molecule has 0 atom stereocenters. The van der Waals surface area contributed by atoms with Crippen LogP contribution < -0.4 is 0 Å². The van der Waals surface area contributed by atoms with Crippen LogP contribution in [0.5, 0.6) is 0 Å². The molecular weight excluding hydrogens is 260 g/mol. The second-order valence-electron chi connectivity index (χ2n) is 4.97. The minimum atomic E-state index is 0.572. The monoisotopic (exact) mass is 278 g/mol. The van der Waals surface area contributed by atoms with Crippen LogP contribution in [0.1, 0.15) is 17.7 Å². The first-order valence-corrected chi connectivity index (χ1v) is 7.00. The Morgan fingerprint density at radius 3 is 2.58 bits per heavy atom. The van der Waals surface area contributed by atoms with Crippen LogP contribution in [0.4, 0.5) is 0 Å². The van der Waals surface area contributed by atoms with E-state index in [1.807, 2.05) is 13.0 Å². The average molecular weight is 279 g/mol. The van der Waals surface area contributed by atoms with Crippen LogP contribution >= 0.6 is 11.6 Å². The number of aromatic nitrogens is 1. The number of pyridine rings is 1. The molecule has 1 aliphatic rings. The van der Waals surface area contributed by atoms with Crippen molar-refractivity contribution in [3.05, 3.63) is 28.5 Å². The first-order chi connectivity index (χ1) is 9.17. The summed E-state index contributed by atoms with van der Waals surface area (Å²) in [4.78, 5) is 8.96. The molecule has 4 nitrogen and oxygen atoms in total. The highest BCUT2D eigenvalue weighted by atomic mass is 35.5. The SMILES string of the molecule is Cc1cc(CN2CCN(CCC#N)CC2)cc(Cl)n1. The lowest BCUT2D eigenvalue weighted by Gasteiger charge is -2.34. The second kappa shape index (κ2) is 6.85. The predicted octanol–water partition coefficient (Wildman–Crippen LogP) is 2.07. The van der Waals surface area contributed by atoms with Crippen LogP contribution in [0, 0.1) is 18.3 Å². The number of piperazine rings is 1. The number of hydrogen-bond acceptors (Lipinski definition) is 4. The molecular formula is C14H19ClN4. The lowest BCUT2D eigenvalue weighted by molar-refractivity contribution is 0.129. The summed E-state index contributed by atoms with van der Waals surface area (Å²) >= 11 is 5.98. The van der Waals surface area contributed by atoms with Gasteiger partial charge in [-0.1, -0.05) is 11.6 Å². The molecule has 1 aliphatic heterocycles. The largest absolute Gasteiger partial charge is 0.300 e. The maximum absolute atomic E-state index is 8.59. The van der Waals surface area contributed by atoms with Crippen LogP contribution in [0.25, 0.3) is 0 Å². The summed E-state index contributed by atoms with van der Waals surface area (Å²) in [5.74, 6) is 0. The summed E-state index contributed by atoms with van der Waals surface area (Å²) < 4.78 is 0. The normalized spacial score (nSPS) is 17.3. The van der Waals surface area contributed by atoms with E-state index in [0.29, 0.717) is 11.6 Å². The Morgan fingerprint density at radius 1 is 1.26 bits per heavy atom. The lowest BCUT2D eigenvalue weighted by atomic mass is 10.2. The molecule has 1 fully saturated rings. The molecule has 5 heteroatoms. The van der Waals surface area contributed by atoms with Crippen molar-refractivity contribution in [1.82, 2.24) is 14.8 Å². The van der Waals surface area contributed by atoms with Crippen molar-refractivity contribution in [2.45, 2.75) is 19.9 Å². The molecule has 0 spiro atoms. The summed E-state index contributed by atoms with van der Waals surface area (Å²) in [6.07, 6.45) is 0.624. The zero-order valence-corrected chi connectivity index (χ0v) is 12.0. The minimum Gasteiger partial charge on any atom is -0.300 e. The molecule has 2 rings (SSSR count). The molecule has 1 aromatic heterocycles.